The second kappa shape index (κ2) is 12.2. The summed E-state index contributed by atoms with van der Waals surface area (Å²) in [6.45, 7) is 7.44. The van der Waals surface area contributed by atoms with Crippen molar-refractivity contribution in [3.63, 3.8) is 0 Å². The van der Waals surface area contributed by atoms with Gasteiger partial charge >= 0.3 is 0 Å². The lowest BCUT2D eigenvalue weighted by atomic mass is 9.83. The van der Waals surface area contributed by atoms with E-state index in [2.05, 4.69) is 34.2 Å². The van der Waals surface area contributed by atoms with Crippen LogP contribution in [0.15, 0.2) is 22.7 Å². The highest BCUT2D eigenvalue weighted by atomic mass is 35.5. The van der Waals surface area contributed by atoms with Crippen molar-refractivity contribution in [2.45, 2.75) is 57.9 Å². The summed E-state index contributed by atoms with van der Waals surface area (Å²) >= 11 is 6.07. The minimum Gasteiger partial charge on any atom is -0.381 e. The quantitative estimate of drug-likeness (QED) is 0.519. The standard InChI is InChI=1S/C26H39ClN4O3/c1-3-31(25-23-9-6-21(27)18-24(23)34-29-25)15-14-30(2)13-10-19-4-7-22(8-5-19)28-26(32)20-11-16-33-17-12-20/h6,9,18-20,22H,3-5,7-8,10-17H2,1-2H3,(H,28,32)/t19-,22-. The SMILES string of the molecule is CCN(CCN(C)CC[C@H]1CC[C@H](NC(=O)C2CCOCC2)CC1)c1noc2cc(Cl)ccc12. The number of likely N-dealkylation sites (N-methyl/N-ethyl adjacent to an activating group) is 2. The first-order valence-corrected chi connectivity index (χ1v) is 13.3. The van der Waals surface area contributed by atoms with Gasteiger partial charge in [0.25, 0.3) is 0 Å². The normalized spacial score (nSPS) is 21.8. The fourth-order valence-electron chi connectivity index (χ4n) is 5.22. The first kappa shape index (κ1) is 25.3. The maximum Gasteiger partial charge on any atom is 0.223 e. The van der Waals surface area contributed by atoms with Crippen molar-refractivity contribution in [3.8, 4) is 0 Å². The number of carbonyl (C=O) groups is 1. The smallest absolute Gasteiger partial charge is 0.223 e. The molecule has 0 radical (unpaired) electrons. The first-order valence-electron chi connectivity index (χ1n) is 12.9. The Hall–Kier alpha value is -1.83. The topological polar surface area (TPSA) is 70.8 Å². The predicted octanol–water partition coefficient (Wildman–Crippen LogP) is 4.73. The number of benzene rings is 1. The van der Waals surface area contributed by atoms with E-state index < -0.39 is 0 Å². The van der Waals surface area contributed by atoms with Gasteiger partial charge in [-0.3, -0.25) is 4.79 Å². The van der Waals surface area contributed by atoms with E-state index in [1.807, 2.05) is 18.2 Å². The van der Waals surface area contributed by atoms with Crippen LogP contribution in [0.4, 0.5) is 5.82 Å². The minimum atomic E-state index is 0.149. The van der Waals surface area contributed by atoms with Crippen LogP contribution in [0.25, 0.3) is 11.0 Å². The van der Waals surface area contributed by atoms with Crippen molar-refractivity contribution in [3.05, 3.63) is 23.2 Å². The fourth-order valence-corrected chi connectivity index (χ4v) is 5.38. The number of ether oxygens (including phenoxy) is 1. The van der Waals surface area contributed by atoms with Gasteiger partial charge in [0, 0.05) is 55.9 Å². The molecule has 0 unspecified atom stereocenters. The summed E-state index contributed by atoms with van der Waals surface area (Å²) in [6, 6.07) is 6.04. The lowest BCUT2D eigenvalue weighted by Crippen LogP contribution is -2.42. The Labute approximate surface area is 208 Å². The monoisotopic (exact) mass is 490 g/mol. The van der Waals surface area contributed by atoms with E-state index in [9.17, 15) is 4.79 Å². The Morgan fingerprint density at radius 2 is 1.88 bits per heavy atom. The summed E-state index contributed by atoms with van der Waals surface area (Å²) in [6.07, 6.45) is 7.58. The average molecular weight is 491 g/mol. The molecule has 2 aromatic rings. The van der Waals surface area contributed by atoms with Gasteiger partial charge in [-0.25, -0.2) is 0 Å². The Balaban J connectivity index is 1.16. The van der Waals surface area contributed by atoms with Crippen LogP contribution in [-0.4, -0.2) is 68.4 Å². The maximum atomic E-state index is 12.5. The summed E-state index contributed by atoms with van der Waals surface area (Å²) in [5.74, 6) is 2.04. The zero-order chi connectivity index (χ0) is 23.9. The van der Waals surface area contributed by atoms with Gasteiger partial charge in [-0.15, -0.1) is 0 Å². The highest BCUT2D eigenvalue weighted by molar-refractivity contribution is 6.31. The Morgan fingerprint density at radius 1 is 1.12 bits per heavy atom. The largest absolute Gasteiger partial charge is 0.381 e. The van der Waals surface area contributed by atoms with E-state index in [1.54, 1.807) is 0 Å². The predicted molar refractivity (Wildman–Crippen MR) is 136 cm³/mol. The van der Waals surface area contributed by atoms with E-state index in [-0.39, 0.29) is 11.8 Å². The molecule has 0 atom stereocenters. The molecule has 1 aliphatic carbocycles. The number of amides is 1. The van der Waals surface area contributed by atoms with Gasteiger partial charge in [-0.2, -0.15) is 0 Å². The van der Waals surface area contributed by atoms with E-state index in [0.717, 1.165) is 87.8 Å². The summed E-state index contributed by atoms with van der Waals surface area (Å²) in [7, 11) is 2.20. The number of halogens is 1. The van der Waals surface area contributed by atoms with Gasteiger partial charge in [0.15, 0.2) is 11.4 Å². The second-order valence-electron chi connectivity index (χ2n) is 9.93. The Morgan fingerprint density at radius 3 is 2.62 bits per heavy atom. The average Bonchev–Trinajstić information content (AvgIpc) is 3.27. The van der Waals surface area contributed by atoms with Crippen molar-refractivity contribution in [2.75, 3.05) is 51.3 Å². The molecule has 1 aromatic carbocycles. The van der Waals surface area contributed by atoms with E-state index >= 15 is 0 Å². The van der Waals surface area contributed by atoms with E-state index in [1.165, 1.54) is 19.3 Å². The van der Waals surface area contributed by atoms with Gasteiger partial charge in [-0.05, 0) is 83.5 Å². The maximum absolute atomic E-state index is 12.5. The molecular weight excluding hydrogens is 452 g/mol. The fraction of sp³-hybridized carbons (Fsp3) is 0.692. The van der Waals surface area contributed by atoms with Crippen LogP contribution in [-0.2, 0) is 9.53 Å². The molecule has 4 rings (SSSR count). The number of nitrogens with one attached hydrogen (secondary N) is 1. The van der Waals surface area contributed by atoms with Crippen molar-refractivity contribution in [2.24, 2.45) is 11.8 Å². The van der Waals surface area contributed by atoms with Crippen molar-refractivity contribution in [1.29, 1.82) is 0 Å². The van der Waals surface area contributed by atoms with Gasteiger partial charge in [0.05, 0.1) is 5.39 Å². The third kappa shape index (κ3) is 6.64. The Bertz CT molecular complexity index is 922. The number of fused-ring (bicyclic) bond motifs is 1. The highest BCUT2D eigenvalue weighted by Crippen LogP contribution is 2.29. The number of carbonyl (C=O) groups excluding carboxylic acids is 1. The van der Waals surface area contributed by atoms with Gasteiger partial charge in [0.1, 0.15) is 0 Å². The number of rotatable bonds is 10. The van der Waals surface area contributed by atoms with Gasteiger partial charge < -0.3 is 24.4 Å². The van der Waals surface area contributed by atoms with E-state index in [4.69, 9.17) is 20.9 Å². The molecule has 1 N–H and O–H groups in total. The molecule has 1 saturated carbocycles. The minimum absolute atomic E-state index is 0.149. The lowest BCUT2D eigenvalue weighted by molar-refractivity contribution is -0.128. The first-order chi connectivity index (χ1) is 16.5. The zero-order valence-electron chi connectivity index (χ0n) is 20.6. The summed E-state index contributed by atoms with van der Waals surface area (Å²) in [5, 5.41) is 9.28. The van der Waals surface area contributed by atoms with Crippen LogP contribution in [0.1, 0.15) is 51.9 Å². The molecule has 1 saturated heterocycles. The number of nitrogens with zero attached hydrogens (tertiary/aromatic N) is 3. The van der Waals surface area contributed by atoms with Crippen LogP contribution >= 0.6 is 11.6 Å². The highest BCUT2D eigenvalue weighted by Gasteiger charge is 2.27. The van der Waals surface area contributed by atoms with Crippen LogP contribution in [0.3, 0.4) is 0 Å². The van der Waals surface area contributed by atoms with Crippen LogP contribution in [0.5, 0.6) is 0 Å². The third-order valence-corrected chi connectivity index (χ3v) is 7.79. The molecule has 1 aromatic heterocycles. The summed E-state index contributed by atoms with van der Waals surface area (Å²) in [4.78, 5) is 17.2. The zero-order valence-corrected chi connectivity index (χ0v) is 21.4. The van der Waals surface area contributed by atoms with Crippen molar-refractivity contribution in [1.82, 2.24) is 15.4 Å². The number of hydrogen-bond donors (Lipinski definition) is 1. The summed E-state index contributed by atoms with van der Waals surface area (Å²) in [5.41, 5.74) is 0.730. The van der Waals surface area contributed by atoms with Gasteiger partial charge in [0.2, 0.25) is 5.91 Å². The van der Waals surface area contributed by atoms with Crippen molar-refractivity contribution >= 4 is 34.3 Å². The molecule has 8 heteroatoms. The lowest BCUT2D eigenvalue weighted by Gasteiger charge is -2.32. The Kier molecular flexibility index (Phi) is 9.09. The molecule has 2 heterocycles. The molecule has 188 valence electrons. The van der Waals surface area contributed by atoms with Crippen molar-refractivity contribution < 1.29 is 14.1 Å². The second-order valence-corrected chi connectivity index (χ2v) is 10.4. The number of hydrogen-bond acceptors (Lipinski definition) is 6. The molecule has 2 aliphatic rings. The van der Waals surface area contributed by atoms with E-state index in [0.29, 0.717) is 11.1 Å². The number of anilines is 1. The molecule has 7 nitrogen and oxygen atoms in total. The molecular formula is C26H39ClN4O3. The molecule has 34 heavy (non-hydrogen) atoms. The molecule has 0 bridgehead atoms. The molecule has 1 aliphatic heterocycles. The molecule has 0 spiro atoms. The summed E-state index contributed by atoms with van der Waals surface area (Å²) < 4.78 is 10.9. The third-order valence-electron chi connectivity index (χ3n) is 7.55. The van der Waals surface area contributed by atoms with Crippen LogP contribution in [0.2, 0.25) is 5.02 Å². The van der Waals surface area contributed by atoms with Crippen LogP contribution < -0.4 is 10.2 Å². The van der Waals surface area contributed by atoms with Crippen LogP contribution in [0, 0.1) is 11.8 Å². The number of aromatic nitrogens is 1. The molecule has 2 fully saturated rings. The van der Waals surface area contributed by atoms with Gasteiger partial charge in [-0.1, -0.05) is 16.8 Å². The molecule has 1 amide bonds.